The van der Waals surface area contributed by atoms with Crippen molar-refractivity contribution in [2.24, 2.45) is 0 Å². The van der Waals surface area contributed by atoms with E-state index >= 15 is 0 Å². The van der Waals surface area contributed by atoms with Crippen LogP contribution in [0.15, 0.2) is 224 Å². The number of para-hydroxylation sites is 3. The highest BCUT2D eigenvalue weighted by Gasteiger charge is 2.21. The summed E-state index contributed by atoms with van der Waals surface area (Å²) >= 11 is 0. The van der Waals surface area contributed by atoms with Crippen molar-refractivity contribution >= 4 is 43.6 Å². The van der Waals surface area contributed by atoms with E-state index < -0.39 is 30.2 Å². The average molecular weight is 797 g/mol. The van der Waals surface area contributed by atoms with Crippen molar-refractivity contribution in [3.63, 3.8) is 0 Å². The van der Waals surface area contributed by atoms with E-state index in [2.05, 4.69) is 124 Å². The Kier molecular flexibility index (Phi) is 7.25. The van der Waals surface area contributed by atoms with E-state index in [9.17, 15) is 0 Å². The molecule has 0 radical (unpaired) electrons. The van der Waals surface area contributed by atoms with Crippen molar-refractivity contribution < 1.29 is 6.85 Å². The molecule has 0 N–H and O–H groups in total. The first-order valence-corrected chi connectivity index (χ1v) is 20.5. The molecule has 0 aliphatic rings. The molecule has 3 aromatic heterocycles. The fourth-order valence-electron chi connectivity index (χ4n) is 8.83. The molecule has 0 aliphatic heterocycles. The molecule has 12 aromatic rings. The van der Waals surface area contributed by atoms with Gasteiger partial charge in [0, 0.05) is 49.5 Å². The van der Waals surface area contributed by atoms with Gasteiger partial charge in [-0.1, -0.05) is 188 Å². The Labute approximate surface area is 365 Å². The summed E-state index contributed by atoms with van der Waals surface area (Å²) in [7, 11) is 0. The lowest BCUT2D eigenvalue weighted by Crippen LogP contribution is -2.02. The third kappa shape index (κ3) is 5.98. The lowest BCUT2D eigenvalue weighted by Gasteiger charge is -2.17. The lowest BCUT2D eigenvalue weighted by atomic mass is 10.0. The number of nitrogens with zero attached hydrogens (tertiary/aromatic N) is 5. The Morgan fingerprint density at radius 3 is 1.42 bits per heavy atom. The number of fused-ring (bicyclic) bond motifs is 6. The quantitative estimate of drug-likeness (QED) is 0.161. The van der Waals surface area contributed by atoms with Crippen LogP contribution in [-0.4, -0.2) is 24.1 Å². The number of hydrogen-bond donors (Lipinski definition) is 0. The van der Waals surface area contributed by atoms with Gasteiger partial charge in [-0.15, -0.1) is 0 Å². The standard InChI is InChI=1S/C57H37N5/c1-4-16-38(17-5-1)39-28-30-42(31-29-39)56-58-55(41-20-8-3-9-21-41)59-57(60-56)43-32-34-45(40-18-6-2-7-19-40)53(36-43)62-52-27-15-12-24-48(52)49-35-33-44(37-54(49)62)61-50-25-13-10-22-46(50)47-23-11-14-26-51(47)61/h1-37H/i3D,8D,9D,20D,21D. The normalized spacial score (nSPS) is 12.7. The van der Waals surface area contributed by atoms with Gasteiger partial charge in [0.05, 0.1) is 34.6 Å². The number of benzene rings is 9. The van der Waals surface area contributed by atoms with Crippen LogP contribution in [-0.2, 0) is 0 Å². The van der Waals surface area contributed by atoms with Crippen LogP contribution in [0.1, 0.15) is 6.85 Å². The van der Waals surface area contributed by atoms with Crippen molar-refractivity contribution in [3.05, 3.63) is 224 Å². The minimum Gasteiger partial charge on any atom is -0.309 e. The molecule has 0 atom stereocenters. The zero-order chi connectivity index (χ0) is 45.3. The molecule has 5 nitrogen and oxygen atoms in total. The van der Waals surface area contributed by atoms with Crippen molar-refractivity contribution in [1.29, 1.82) is 0 Å². The number of aromatic nitrogens is 5. The van der Waals surface area contributed by atoms with Crippen LogP contribution in [0.5, 0.6) is 0 Å². The highest BCUT2D eigenvalue weighted by Crippen LogP contribution is 2.40. The molecule has 0 fully saturated rings. The largest absolute Gasteiger partial charge is 0.309 e. The third-order valence-corrected chi connectivity index (χ3v) is 11.7. The van der Waals surface area contributed by atoms with E-state index in [4.69, 9.17) is 21.8 Å². The van der Waals surface area contributed by atoms with Crippen LogP contribution in [0.4, 0.5) is 0 Å². The van der Waals surface area contributed by atoms with Gasteiger partial charge in [0.1, 0.15) is 0 Å². The maximum atomic E-state index is 8.93. The van der Waals surface area contributed by atoms with E-state index in [1.165, 1.54) is 10.8 Å². The van der Waals surface area contributed by atoms with Crippen molar-refractivity contribution in [2.75, 3.05) is 0 Å². The smallest absolute Gasteiger partial charge is 0.164 e. The molecule has 3 heterocycles. The second kappa shape index (κ2) is 14.7. The summed E-state index contributed by atoms with van der Waals surface area (Å²) in [6.07, 6.45) is 0. The minimum absolute atomic E-state index is 0.0227. The summed E-state index contributed by atoms with van der Waals surface area (Å²) in [6.45, 7) is 0. The minimum atomic E-state index is -0.488. The van der Waals surface area contributed by atoms with Gasteiger partial charge in [-0.25, -0.2) is 15.0 Å². The summed E-state index contributed by atoms with van der Waals surface area (Å²) in [5.41, 5.74) is 11.5. The van der Waals surface area contributed by atoms with Crippen LogP contribution in [0, 0.1) is 0 Å². The predicted molar refractivity (Wildman–Crippen MR) is 256 cm³/mol. The van der Waals surface area contributed by atoms with E-state index in [1.54, 1.807) is 0 Å². The van der Waals surface area contributed by atoms with E-state index in [1.807, 2.05) is 78.9 Å². The summed E-state index contributed by atoms with van der Waals surface area (Å²) < 4.78 is 47.9. The first-order chi connectivity index (χ1) is 32.8. The van der Waals surface area contributed by atoms with Gasteiger partial charge < -0.3 is 9.13 Å². The highest BCUT2D eigenvalue weighted by atomic mass is 15.0. The number of hydrogen-bond acceptors (Lipinski definition) is 3. The topological polar surface area (TPSA) is 48.5 Å². The van der Waals surface area contributed by atoms with Crippen molar-refractivity contribution in [3.8, 4) is 67.8 Å². The molecule has 9 aromatic carbocycles. The van der Waals surface area contributed by atoms with Crippen LogP contribution in [0.2, 0.25) is 0 Å². The van der Waals surface area contributed by atoms with Crippen LogP contribution >= 0.6 is 0 Å². The van der Waals surface area contributed by atoms with Crippen molar-refractivity contribution in [1.82, 2.24) is 24.1 Å². The van der Waals surface area contributed by atoms with Crippen LogP contribution in [0.3, 0.4) is 0 Å². The molecule has 290 valence electrons. The molecule has 0 bridgehead atoms. The molecule has 5 heteroatoms. The molecule has 0 unspecified atom stereocenters. The Hall–Kier alpha value is -8.41. The predicted octanol–water partition coefficient (Wildman–Crippen LogP) is 14.4. The second-order valence-electron chi connectivity index (χ2n) is 15.3. The fourth-order valence-corrected chi connectivity index (χ4v) is 8.83. The molecular weight excluding hydrogens is 755 g/mol. The maximum Gasteiger partial charge on any atom is 0.164 e. The Bertz CT molecular complexity index is 3840. The zero-order valence-electron chi connectivity index (χ0n) is 38.2. The van der Waals surface area contributed by atoms with Gasteiger partial charge in [-0.3, -0.25) is 0 Å². The first kappa shape index (κ1) is 30.6. The van der Waals surface area contributed by atoms with Gasteiger partial charge >= 0.3 is 0 Å². The fraction of sp³-hybridized carbons (Fsp3) is 0. The number of rotatable bonds is 7. The molecule has 0 saturated carbocycles. The molecule has 0 amide bonds. The Morgan fingerprint density at radius 1 is 0.323 bits per heavy atom. The maximum absolute atomic E-state index is 8.93. The van der Waals surface area contributed by atoms with E-state index in [0.717, 1.165) is 66.5 Å². The summed E-state index contributed by atoms with van der Waals surface area (Å²) in [4.78, 5) is 14.9. The van der Waals surface area contributed by atoms with Gasteiger partial charge in [0.15, 0.2) is 17.5 Å². The van der Waals surface area contributed by atoms with Crippen LogP contribution < -0.4 is 0 Å². The van der Waals surface area contributed by atoms with Crippen molar-refractivity contribution in [2.45, 2.75) is 0 Å². The molecular formula is C57H37N5. The summed E-state index contributed by atoms with van der Waals surface area (Å²) in [5.74, 6) is 0.560. The van der Waals surface area contributed by atoms with Gasteiger partial charge in [0.2, 0.25) is 0 Å². The van der Waals surface area contributed by atoms with Gasteiger partial charge in [-0.05, 0) is 53.1 Å². The first-order valence-electron chi connectivity index (χ1n) is 23.0. The average Bonchev–Trinajstić information content (AvgIpc) is 3.90. The lowest BCUT2D eigenvalue weighted by molar-refractivity contribution is 1.07. The SMILES string of the molecule is [2H]c1c([2H])c([2H])c(-c2nc(-c3ccc(-c4ccccc4)cc3)nc(-c3ccc(-c4ccccc4)c(-n4c5ccccc5c5ccc(-n6c7ccccc7c7ccccc76)cc54)c3)n2)c([2H])c1[2H]. The molecule has 62 heavy (non-hydrogen) atoms. The second-order valence-corrected chi connectivity index (χ2v) is 15.3. The molecule has 0 aliphatic carbocycles. The Morgan fingerprint density at radius 2 is 0.790 bits per heavy atom. The van der Waals surface area contributed by atoms with E-state index in [-0.39, 0.29) is 17.2 Å². The third-order valence-electron chi connectivity index (χ3n) is 11.7. The van der Waals surface area contributed by atoms with E-state index in [0.29, 0.717) is 17.0 Å². The molecule has 12 rings (SSSR count). The monoisotopic (exact) mass is 796 g/mol. The zero-order valence-corrected chi connectivity index (χ0v) is 33.2. The highest BCUT2D eigenvalue weighted by molar-refractivity contribution is 6.12. The summed E-state index contributed by atoms with van der Waals surface area (Å²) in [6, 6.07) is 64.3. The molecule has 0 spiro atoms. The molecule has 0 saturated heterocycles. The Balaban J connectivity index is 1.11. The van der Waals surface area contributed by atoms with Gasteiger partial charge in [0.25, 0.3) is 0 Å². The summed E-state index contributed by atoms with van der Waals surface area (Å²) in [5, 5.41) is 4.56. The van der Waals surface area contributed by atoms with Gasteiger partial charge in [-0.2, -0.15) is 0 Å². The van der Waals surface area contributed by atoms with Crippen LogP contribution in [0.25, 0.3) is 111 Å².